The van der Waals surface area contributed by atoms with Crippen molar-refractivity contribution >= 4 is 0 Å². The van der Waals surface area contributed by atoms with Crippen LogP contribution in [0.3, 0.4) is 0 Å². The van der Waals surface area contributed by atoms with Crippen LogP contribution in [0.2, 0.25) is 0 Å². The summed E-state index contributed by atoms with van der Waals surface area (Å²) in [5, 5.41) is 11.0. The lowest BCUT2D eigenvalue weighted by Crippen LogP contribution is -2.35. The van der Waals surface area contributed by atoms with Crippen molar-refractivity contribution in [3.8, 4) is 62.9 Å². The third-order valence-corrected chi connectivity index (χ3v) is 10.7. The Hall–Kier alpha value is -4.80. The molecule has 1 aliphatic carbocycles. The van der Waals surface area contributed by atoms with Crippen molar-refractivity contribution in [3.05, 3.63) is 75.8 Å². The Balaban J connectivity index is 1.32. The second-order valence-corrected chi connectivity index (χ2v) is 13.3. The molecule has 50 heavy (non-hydrogen) atoms. The summed E-state index contributed by atoms with van der Waals surface area (Å²) >= 11 is 0. The first-order valence-electron chi connectivity index (χ1n) is 16.9. The van der Waals surface area contributed by atoms with Crippen molar-refractivity contribution in [2.45, 2.75) is 37.8 Å². The number of phenols is 1. The van der Waals surface area contributed by atoms with Crippen LogP contribution in [0.15, 0.2) is 42.5 Å². The molecular formula is C40H46N2O8. The molecule has 0 radical (unpaired) electrons. The van der Waals surface area contributed by atoms with E-state index in [0.717, 1.165) is 71.9 Å². The van der Waals surface area contributed by atoms with Crippen molar-refractivity contribution in [3.63, 3.8) is 0 Å². The smallest absolute Gasteiger partial charge is 0.169 e. The number of phenolic OH excluding ortho intramolecular Hbond substituents is 1. The van der Waals surface area contributed by atoms with Gasteiger partial charge in [0.1, 0.15) is 5.75 Å². The maximum absolute atomic E-state index is 11.0. The van der Waals surface area contributed by atoms with Crippen molar-refractivity contribution in [1.29, 1.82) is 0 Å². The molecule has 4 aromatic carbocycles. The van der Waals surface area contributed by atoms with Gasteiger partial charge in [-0.15, -0.1) is 0 Å². The molecule has 264 valence electrons. The molecule has 10 heteroatoms. The summed E-state index contributed by atoms with van der Waals surface area (Å²) in [5.74, 6) is 4.88. The summed E-state index contributed by atoms with van der Waals surface area (Å²) in [6.45, 7) is 1.83. The monoisotopic (exact) mass is 682 g/mol. The minimum absolute atomic E-state index is 0.00546. The first-order valence-corrected chi connectivity index (χ1v) is 16.9. The topological polar surface area (TPSA) is 91.3 Å². The average Bonchev–Trinajstić information content (AvgIpc) is 3.13. The lowest BCUT2D eigenvalue weighted by atomic mass is 9.76. The maximum Gasteiger partial charge on any atom is 0.169 e. The van der Waals surface area contributed by atoms with Crippen LogP contribution in [0.1, 0.15) is 45.5 Å². The maximum atomic E-state index is 11.0. The molecule has 0 unspecified atom stereocenters. The van der Waals surface area contributed by atoms with Gasteiger partial charge < -0.3 is 38.3 Å². The number of fused-ring (bicyclic) bond motifs is 3. The molecule has 0 saturated heterocycles. The predicted octanol–water partition coefficient (Wildman–Crippen LogP) is 6.76. The highest BCUT2D eigenvalue weighted by Crippen LogP contribution is 2.54. The minimum Gasteiger partial charge on any atom is -0.504 e. The normalized spacial score (nSPS) is 18.0. The van der Waals surface area contributed by atoms with Crippen LogP contribution in [-0.2, 0) is 25.7 Å². The average molecular weight is 683 g/mol. The number of ether oxygens (including phenoxy) is 7. The van der Waals surface area contributed by atoms with Crippen molar-refractivity contribution < 1.29 is 38.3 Å². The summed E-state index contributed by atoms with van der Waals surface area (Å²) in [6.07, 6.45) is 3.23. The van der Waals surface area contributed by atoms with E-state index in [4.69, 9.17) is 33.2 Å². The van der Waals surface area contributed by atoms with E-state index in [-0.39, 0.29) is 17.8 Å². The van der Waals surface area contributed by atoms with Crippen molar-refractivity contribution in [2.24, 2.45) is 0 Å². The molecule has 0 aromatic heterocycles. The molecule has 0 fully saturated rings. The van der Waals surface area contributed by atoms with Crippen LogP contribution in [0.5, 0.6) is 51.7 Å². The molecule has 2 heterocycles. The summed E-state index contributed by atoms with van der Waals surface area (Å²) in [7, 11) is 14.2. The molecule has 7 rings (SSSR count). The number of aromatic hydroxyl groups is 1. The molecular weight excluding hydrogens is 636 g/mol. The van der Waals surface area contributed by atoms with Crippen LogP contribution in [-0.4, -0.2) is 84.7 Å². The molecule has 0 amide bonds. The van der Waals surface area contributed by atoms with E-state index in [1.807, 2.05) is 12.1 Å². The van der Waals surface area contributed by atoms with Crippen LogP contribution < -0.4 is 33.2 Å². The van der Waals surface area contributed by atoms with Gasteiger partial charge in [0, 0.05) is 42.4 Å². The fourth-order valence-corrected chi connectivity index (χ4v) is 8.05. The minimum atomic E-state index is -0.00546. The molecule has 0 spiro atoms. The third-order valence-electron chi connectivity index (χ3n) is 10.7. The molecule has 4 aromatic rings. The zero-order valence-corrected chi connectivity index (χ0v) is 30.1. The zero-order chi connectivity index (χ0) is 35.3. The largest absolute Gasteiger partial charge is 0.504 e. The highest BCUT2D eigenvalue weighted by atomic mass is 16.5. The fraction of sp³-hybridized carbons (Fsp3) is 0.400. The van der Waals surface area contributed by atoms with Gasteiger partial charge in [-0.2, -0.15) is 0 Å². The highest BCUT2D eigenvalue weighted by molar-refractivity contribution is 5.85. The summed E-state index contributed by atoms with van der Waals surface area (Å²) < 4.78 is 41.5. The van der Waals surface area contributed by atoms with Gasteiger partial charge in [0.05, 0.1) is 42.7 Å². The Morgan fingerprint density at radius 2 is 1.24 bits per heavy atom. The number of methoxy groups -OCH3 is 6. The van der Waals surface area contributed by atoms with Gasteiger partial charge >= 0.3 is 0 Å². The van der Waals surface area contributed by atoms with Gasteiger partial charge in [-0.25, -0.2) is 0 Å². The van der Waals surface area contributed by atoms with Crippen molar-refractivity contribution in [1.82, 2.24) is 9.80 Å². The van der Waals surface area contributed by atoms with Crippen LogP contribution in [0.25, 0.3) is 11.1 Å². The zero-order valence-electron chi connectivity index (χ0n) is 30.1. The quantitative estimate of drug-likeness (QED) is 0.194. The number of benzene rings is 4. The Morgan fingerprint density at radius 3 is 1.94 bits per heavy atom. The number of hydrogen-bond acceptors (Lipinski definition) is 10. The van der Waals surface area contributed by atoms with Gasteiger partial charge in [0.25, 0.3) is 0 Å². The van der Waals surface area contributed by atoms with Crippen LogP contribution in [0, 0.1) is 0 Å². The van der Waals surface area contributed by atoms with Gasteiger partial charge in [0.15, 0.2) is 46.0 Å². The van der Waals surface area contributed by atoms with E-state index in [0.29, 0.717) is 35.2 Å². The molecule has 1 N–H and O–H groups in total. The van der Waals surface area contributed by atoms with Gasteiger partial charge in [-0.3, -0.25) is 9.80 Å². The summed E-state index contributed by atoms with van der Waals surface area (Å²) in [4.78, 5) is 4.75. The Bertz CT molecular complexity index is 1940. The second kappa shape index (κ2) is 13.5. The van der Waals surface area contributed by atoms with E-state index in [9.17, 15) is 5.11 Å². The van der Waals surface area contributed by atoms with Crippen LogP contribution in [0.4, 0.5) is 0 Å². The Morgan fingerprint density at radius 1 is 0.620 bits per heavy atom. The van der Waals surface area contributed by atoms with E-state index in [1.54, 1.807) is 48.7 Å². The SMILES string of the molecule is COc1cc(C[C@H]2c3cc(OC)c(OC)cc3CCN2C)c(Oc2cc3c(cc2OC)-c2c(OC)c(OC)cc4c2[C@H](C3)N(C)CC4)cc1O. The molecule has 3 aliphatic rings. The van der Waals surface area contributed by atoms with E-state index in [2.05, 4.69) is 48.2 Å². The first-order chi connectivity index (χ1) is 24.2. The number of nitrogens with zero attached hydrogens (tertiary/aromatic N) is 2. The third kappa shape index (κ3) is 5.60. The van der Waals surface area contributed by atoms with E-state index < -0.39 is 0 Å². The van der Waals surface area contributed by atoms with Gasteiger partial charge in [-0.1, -0.05) is 0 Å². The number of rotatable bonds is 10. The Labute approximate surface area is 294 Å². The number of likely N-dealkylation sites (N-methyl/N-ethyl adjacent to an activating group) is 2. The molecule has 2 atom stereocenters. The lowest BCUT2D eigenvalue weighted by molar-refractivity contribution is 0.226. The number of hydrogen-bond donors (Lipinski definition) is 1. The highest BCUT2D eigenvalue weighted by Gasteiger charge is 2.37. The van der Waals surface area contributed by atoms with E-state index in [1.165, 1.54) is 22.3 Å². The standard InChI is InChI=1S/C40H46N2O8/c1-41-11-9-22-15-33(45-4)34(46-5)19-26(22)28(41)14-25-18-32(44-3)30(43)21-31(25)50-36-17-24-13-29-38-23(10-12-42(29)2)16-37(48-7)40(49-8)39(38)27(24)20-35(36)47-6/h15-21,28-29,43H,9-14H2,1-8H3/t28-,29-/m0/s1. The van der Waals surface area contributed by atoms with Crippen LogP contribution >= 0.6 is 0 Å². The molecule has 10 nitrogen and oxygen atoms in total. The van der Waals surface area contributed by atoms with Crippen molar-refractivity contribution in [2.75, 3.05) is 69.8 Å². The van der Waals surface area contributed by atoms with E-state index >= 15 is 0 Å². The molecule has 0 bridgehead atoms. The Kier molecular flexibility index (Phi) is 9.09. The summed E-state index contributed by atoms with van der Waals surface area (Å²) in [5.41, 5.74) is 9.03. The fourth-order valence-electron chi connectivity index (χ4n) is 8.05. The molecule has 0 saturated carbocycles. The van der Waals surface area contributed by atoms with Gasteiger partial charge in [-0.05, 0) is 110 Å². The predicted molar refractivity (Wildman–Crippen MR) is 191 cm³/mol. The first kappa shape index (κ1) is 33.7. The lowest BCUT2D eigenvalue weighted by Gasteiger charge is -2.40. The molecule has 2 aliphatic heterocycles. The summed E-state index contributed by atoms with van der Waals surface area (Å²) in [6, 6.07) is 14.1. The van der Waals surface area contributed by atoms with Gasteiger partial charge in [0.2, 0.25) is 0 Å². The second-order valence-electron chi connectivity index (χ2n) is 13.3.